The van der Waals surface area contributed by atoms with Crippen LogP contribution in [-0.2, 0) is 6.61 Å². The van der Waals surface area contributed by atoms with Crippen molar-refractivity contribution in [1.82, 2.24) is 0 Å². The van der Waals surface area contributed by atoms with Crippen LogP contribution >= 0.6 is 45.3 Å². The molecule has 2 aliphatic heterocycles. The summed E-state index contributed by atoms with van der Waals surface area (Å²) in [4.78, 5) is 5.61. The Kier molecular flexibility index (Phi) is 4.74. The van der Waals surface area contributed by atoms with Gasteiger partial charge >= 0.3 is 0 Å². The van der Waals surface area contributed by atoms with Crippen LogP contribution in [0, 0.1) is 13.8 Å². The number of rotatable bonds is 2. The molecule has 2 aliphatic rings. The third-order valence-corrected chi connectivity index (χ3v) is 21.3. The van der Waals surface area contributed by atoms with E-state index in [1.54, 1.807) is 10.4 Å². The predicted molar refractivity (Wildman–Crippen MR) is 177 cm³/mol. The van der Waals surface area contributed by atoms with Crippen molar-refractivity contribution >= 4 is 112 Å². The van der Waals surface area contributed by atoms with E-state index in [0.29, 0.717) is 0 Å². The largest absolute Gasteiger partial charge is 0.496 e. The van der Waals surface area contributed by atoms with Gasteiger partial charge in [-0.15, -0.1) is 45.3 Å². The summed E-state index contributed by atoms with van der Waals surface area (Å²) in [5.74, 6) is 1.02. The van der Waals surface area contributed by atoms with Crippen LogP contribution in [0.15, 0.2) is 24.3 Å². The molecular weight excluding hydrogens is 577 g/mol. The van der Waals surface area contributed by atoms with Gasteiger partial charge in [0, 0.05) is 43.9 Å². The molecular formula is C30H28O2S4Si2. The van der Waals surface area contributed by atoms with Crippen LogP contribution in [-0.4, -0.2) is 28.4 Å². The Labute approximate surface area is 240 Å². The van der Waals surface area contributed by atoms with E-state index in [1.165, 1.54) is 70.6 Å². The standard InChI is InChI=1S/C30H28O2S4Si2/c1-13-8-19-23(33-13)29-25(35-19)21-15(12-31)10-16-17(27(21)37(29,4)5)11-18(32-3)22-26-30(38(6,7)28(16)22)24-20(36-26)9-14(2)34-24/h8-11,31H,12H2,1-7H3. The minimum atomic E-state index is -2.04. The van der Waals surface area contributed by atoms with Crippen molar-refractivity contribution in [3.05, 3.63) is 39.6 Å². The summed E-state index contributed by atoms with van der Waals surface area (Å²) in [6.45, 7) is 14.6. The third kappa shape index (κ3) is 2.70. The number of ether oxygens (including phenoxy) is 1. The number of aliphatic hydroxyl groups is 1. The SMILES string of the molecule is COc1cc2c3c(c(CO)cc2c2c1-c1sc4cc(C)sc4c1[Si]2(C)C)-c1sc2cc(C)sc2c1[Si]3(C)C. The zero-order chi connectivity index (χ0) is 26.5. The van der Waals surface area contributed by atoms with Gasteiger partial charge in [0.05, 0.1) is 13.7 Å². The summed E-state index contributed by atoms with van der Waals surface area (Å²) >= 11 is 7.78. The lowest BCUT2D eigenvalue weighted by Gasteiger charge is -2.26. The zero-order valence-electron chi connectivity index (χ0n) is 22.5. The zero-order valence-corrected chi connectivity index (χ0v) is 27.8. The number of hydrogen-bond acceptors (Lipinski definition) is 6. The van der Waals surface area contributed by atoms with Gasteiger partial charge in [-0.1, -0.05) is 26.2 Å². The van der Waals surface area contributed by atoms with Crippen LogP contribution in [0.4, 0.5) is 0 Å². The molecule has 0 radical (unpaired) electrons. The second kappa shape index (κ2) is 7.48. The molecule has 2 aromatic carbocycles. The molecule has 0 spiro atoms. The topological polar surface area (TPSA) is 29.5 Å². The van der Waals surface area contributed by atoms with E-state index in [9.17, 15) is 5.11 Å². The van der Waals surface area contributed by atoms with Gasteiger partial charge in [0.1, 0.15) is 21.9 Å². The maximum atomic E-state index is 10.8. The molecule has 2 nitrogen and oxygen atoms in total. The molecule has 6 heterocycles. The molecule has 192 valence electrons. The monoisotopic (exact) mass is 604 g/mol. The molecule has 8 rings (SSSR count). The molecule has 0 fully saturated rings. The van der Waals surface area contributed by atoms with Gasteiger partial charge in [0.2, 0.25) is 0 Å². The van der Waals surface area contributed by atoms with Crippen LogP contribution in [0.5, 0.6) is 5.75 Å². The quantitative estimate of drug-likeness (QED) is 0.213. The van der Waals surface area contributed by atoms with Crippen molar-refractivity contribution in [1.29, 1.82) is 0 Å². The van der Waals surface area contributed by atoms with Crippen LogP contribution < -0.4 is 25.5 Å². The van der Waals surface area contributed by atoms with Crippen molar-refractivity contribution in [3.63, 3.8) is 0 Å². The first-order valence-electron chi connectivity index (χ1n) is 13.0. The summed E-state index contributed by atoms with van der Waals surface area (Å²) in [6, 6.07) is 9.42. The molecule has 0 unspecified atom stereocenters. The first-order valence-corrected chi connectivity index (χ1v) is 22.2. The lowest BCUT2D eigenvalue weighted by atomic mass is 9.97. The lowest BCUT2D eigenvalue weighted by Crippen LogP contribution is -2.51. The van der Waals surface area contributed by atoms with Crippen molar-refractivity contribution < 1.29 is 9.84 Å². The Morgan fingerprint density at radius 2 is 1.18 bits per heavy atom. The van der Waals surface area contributed by atoms with Crippen molar-refractivity contribution in [3.8, 4) is 26.6 Å². The van der Waals surface area contributed by atoms with Gasteiger partial charge < -0.3 is 9.84 Å². The van der Waals surface area contributed by atoms with Gasteiger partial charge in [-0.25, -0.2) is 0 Å². The third-order valence-electron chi connectivity index (χ3n) is 8.81. The molecule has 6 aromatic rings. The summed E-state index contributed by atoms with van der Waals surface area (Å²) in [5, 5.41) is 19.7. The van der Waals surface area contributed by atoms with Crippen molar-refractivity contribution in [2.24, 2.45) is 0 Å². The molecule has 8 heteroatoms. The summed E-state index contributed by atoms with van der Waals surface area (Å²) in [5.41, 5.74) is 3.75. The molecule has 0 atom stereocenters. The molecule has 0 aliphatic carbocycles. The molecule has 0 saturated carbocycles. The smallest absolute Gasteiger partial charge is 0.128 e. The number of aryl methyl sites for hydroxylation is 2. The van der Waals surface area contributed by atoms with E-state index < -0.39 is 16.1 Å². The van der Waals surface area contributed by atoms with Gasteiger partial charge in [-0.05, 0) is 80.8 Å². The average Bonchev–Trinajstić information content (AvgIpc) is 3.63. The van der Waals surface area contributed by atoms with E-state index >= 15 is 0 Å². The van der Waals surface area contributed by atoms with Gasteiger partial charge in [0.25, 0.3) is 0 Å². The minimum Gasteiger partial charge on any atom is -0.496 e. The molecule has 0 amide bonds. The van der Waals surface area contributed by atoms with Crippen LogP contribution in [0.3, 0.4) is 0 Å². The molecule has 0 saturated heterocycles. The molecule has 1 N–H and O–H groups in total. The molecule has 4 aromatic heterocycles. The van der Waals surface area contributed by atoms with Crippen molar-refractivity contribution in [2.75, 3.05) is 7.11 Å². The Morgan fingerprint density at radius 3 is 1.71 bits per heavy atom. The highest BCUT2D eigenvalue weighted by atomic mass is 32.1. The minimum absolute atomic E-state index is 0.0751. The highest BCUT2D eigenvalue weighted by Gasteiger charge is 2.48. The first-order chi connectivity index (χ1) is 18.1. The normalized spacial score (nSPS) is 16.4. The Balaban J connectivity index is 1.53. The maximum Gasteiger partial charge on any atom is 0.128 e. The maximum absolute atomic E-state index is 10.8. The fraction of sp³-hybridized carbons (Fsp3) is 0.267. The van der Waals surface area contributed by atoms with E-state index in [0.717, 1.165) is 11.3 Å². The number of hydrogen-bond donors (Lipinski definition) is 1. The molecule has 38 heavy (non-hydrogen) atoms. The highest BCUT2D eigenvalue weighted by molar-refractivity contribution is 7.35. The Bertz CT molecular complexity index is 1890. The number of benzene rings is 2. The molecule has 0 bridgehead atoms. The highest BCUT2D eigenvalue weighted by Crippen LogP contribution is 2.49. The van der Waals surface area contributed by atoms with E-state index in [4.69, 9.17) is 4.74 Å². The number of thiophene rings is 4. The van der Waals surface area contributed by atoms with Gasteiger partial charge in [0.15, 0.2) is 0 Å². The van der Waals surface area contributed by atoms with Crippen molar-refractivity contribution in [2.45, 2.75) is 46.6 Å². The number of aliphatic hydroxyl groups excluding tert-OH is 1. The van der Waals surface area contributed by atoms with Crippen LogP contribution in [0.25, 0.3) is 50.5 Å². The fourth-order valence-electron chi connectivity index (χ4n) is 7.39. The van der Waals surface area contributed by atoms with Gasteiger partial charge in [-0.3, -0.25) is 0 Å². The fourth-order valence-corrected chi connectivity index (χ4v) is 23.1. The van der Waals surface area contributed by atoms with Gasteiger partial charge in [-0.2, -0.15) is 0 Å². The van der Waals surface area contributed by atoms with E-state index in [2.05, 4.69) is 64.3 Å². The number of fused-ring (bicyclic) bond motifs is 13. The lowest BCUT2D eigenvalue weighted by molar-refractivity contribution is 0.282. The predicted octanol–water partition coefficient (Wildman–Crippen LogP) is 7.12. The Hall–Kier alpha value is -1.79. The van der Waals surface area contributed by atoms with Crippen LogP contribution in [0.1, 0.15) is 15.3 Å². The van der Waals surface area contributed by atoms with E-state index in [-0.39, 0.29) is 6.61 Å². The Morgan fingerprint density at radius 1 is 0.684 bits per heavy atom. The van der Waals surface area contributed by atoms with E-state index in [1.807, 2.05) is 52.5 Å². The summed E-state index contributed by atoms with van der Waals surface area (Å²) in [6.07, 6.45) is 0. The second-order valence-electron chi connectivity index (χ2n) is 11.8. The second-order valence-corrected chi connectivity index (χ2v) is 24.9. The number of methoxy groups -OCH3 is 1. The van der Waals surface area contributed by atoms with Crippen LogP contribution in [0.2, 0.25) is 26.2 Å². The summed E-state index contributed by atoms with van der Waals surface area (Å²) < 4.78 is 12.0. The first kappa shape index (κ1) is 24.0. The average molecular weight is 605 g/mol. The summed E-state index contributed by atoms with van der Waals surface area (Å²) in [7, 11) is -2.23.